The van der Waals surface area contributed by atoms with Crippen molar-refractivity contribution >= 4 is 6.08 Å². The predicted molar refractivity (Wildman–Crippen MR) is 133 cm³/mol. The second-order valence-electron chi connectivity index (χ2n) is 9.42. The Morgan fingerprint density at radius 2 is 1.83 bits per heavy atom. The molecule has 0 aromatic heterocycles. The molecule has 0 bridgehead atoms. The lowest BCUT2D eigenvalue weighted by atomic mass is 9.81. The van der Waals surface area contributed by atoms with Crippen molar-refractivity contribution in [3.8, 4) is 23.0 Å². The van der Waals surface area contributed by atoms with E-state index in [4.69, 9.17) is 18.9 Å². The molecule has 2 unspecified atom stereocenters. The molecular weight excluding hydrogens is 444 g/mol. The first-order chi connectivity index (χ1) is 16.8. The highest BCUT2D eigenvalue weighted by atomic mass is 16.5. The van der Waals surface area contributed by atoms with Gasteiger partial charge in [0.05, 0.1) is 12.2 Å². The first kappa shape index (κ1) is 23.3. The summed E-state index contributed by atoms with van der Waals surface area (Å²) in [6.45, 7) is 6.51. The molecule has 0 radical (unpaired) electrons. The van der Waals surface area contributed by atoms with Gasteiger partial charge in [-0.2, -0.15) is 0 Å². The monoisotopic (exact) mass is 474 g/mol. The third-order valence-corrected chi connectivity index (χ3v) is 6.36. The molecule has 2 aliphatic rings. The molecule has 6 heteroatoms. The fraction of sp³-hybridized carbons (Fsp3) is 0.310. The maximum atomic E-state index is 11.8. The zero-order valence-electron chi connectivity index (χ0n) is 20.2. The molecule has 2 aliphatic heterocycles. The summed E-state index contributed by atoms with van der Waals surface area (Å²) < 4.78 is 23.9. The first-order valence-electron chi connectivity index (χ1n) is 11.8. The molecule has 0 saturated heterocycles. The Bertz CT molecular complexity index is 1250. The molecular formula is C29H30O6. The average Bonchev–Trinajstić information content (AvgIpc) is 2.85. The molecule has 3 aromatic carbocycles. The molecule has 0 fully saturated rings. The standard InChI is InChI=1S/C29H30O6/c1-4-32-20-10-12-23(25(16-20)33-17-19-8-6-5-7-9-19)29(31)18-34-26-21-14-15-28(2,3)35-24(21)13-11-22(26)27(29)30/h5-16,27,30-31H,4,17-18H2,1-3H3. The minimum atomic E-state index is -1.73. The number of ether oxygens (including phenoxy) is 4. The zero-order chi connectivity index (χ0) is 24.6. The number of hydrogen-bond donors (Lipinski definition) is 2. The summed E-state index contributed by atoms with van der Waals surface area (Å²) in [5.74, 6) is 2.25. The number of rotatable bonds is 6. The highest BCUT2D eigenvalue weighted by Gasteiger charge is 2.47. The molecule has 3 aromatic rings. The van der Waals surface area contributed by atoms with Crippen molar-refractivity contribution in [2.24, 2.45) is 0 Å². The van der Waals surface area contributed by atoms with Crippen LogP contribution in [-0.4, -0.2) is 29.0 Å². The minimum Gasteiger partial charge on any atom is -0.494 e. The van der Waals surface area contributed by atoms with Crippen LogP contribution in [0.5, 0.6) is 23.0 Å². The van der Waals surface area contributed by atoms with Crippen molar-refractivity contribution in [1.29, 1.82) is 0 Å². The highest BCUT2D eigenvalue weighted by Crippen LogP contribution is 2.50. The van der Waals surface area contributed by atoms with Gasteiger partial charge in [0.2, 0.25) is 0 Å². The summed E-state index contributed by atoms with van der Waals surface area (Å²) in [7, 11) is 0. The van der Waals surface area contributed by atoms with Gasteiger partial charge in [-0.25, -0.2) is 0 Å². The number of hydrogen-bond acceptors (Lipinski definition) is 6. The second-order valence-corrected chi connectivity index (χ2v) is 9.42. The van der Waals surface area contributed by atoms with E-state index in [0.29, 0.717) is 47.3 Å². The molecule has 6 nitrogen and oxygen atoms in total. The lowest BCUT2D eigenvalue weighted by Gasteiger charge is -2.40. The van der Waals surface area contributed by atoms with E-state index in [0.717, 1.165) is 11.1 Å². The number of aliphatic hydroxyl groups is 2. The van der Waals surface area contributed by atoms with Crippen LogP contribution >= 0.6 is 0 Å². The maximum absolute atomic E-state index is 11.8. The largest absolute Gasteiger partial charge is 0.494 e. The molecule has 0 aliphatic carbocycles. The van der Waals surface area contributed by atoms with Gasteiger partial charge in [-0.3, -0.25) is 0 Å². The SMILES string of the molecule is CCOc1ccc(C2(O)COc3c(ccc4c3C=CC(C)(C)O4)C2O)c(OCc2ccccc2)c1. The molecule has 0 spiro atoms. The van der Waals surface area contributed by atoms with Crippen molar-refractivity contribution < 1.29 is 29.2 Å². The number of aliphatic hydroxyl groups excluding tert-OH is 1. The highest BCUT2D eigenvalue weighted by molar-refractivity contribution is 5.70. The topological polar surface area (TPSA) is 77.4 Å². The predicted octanol–water partition coefficient (Wildman–Crippen LogP) is 5.16. The Hall–Kier alpha value is -3.48. The third-order valence-electron chi connectivity index (χ3n) is 6.36. The Labute approximate surface area is 205 Å². The molecule has 2 N–H and O–H groups in total. The molecule has 35 heavy (non-hydrogen) atoms. The Balaban J connectivity index is 1.51. The van der Waals surface area contributed by atoms with Gasteiger partial charge in [0.25, 0.3) is 0 Å². The van der Waals surface area contributed by atoms with Gasteiger partial charge in [-0.1, -0.05) is 30.3 Å². The van der Waals surface area contributed by atoms with E-state index in [1.54, 1.807) is 24.3 Å². The van der Waals surface area contributed by atoms with Crippen LogP contribution < -0.4 is 18.9 Å². The minimum absolute atomic E-state index is 0.148. The van der Waals surface area contributed by atoms with Crippen molar-refractivity contribution in [3.63, 3.8) is 0 Å². The summed E-state index contributed by atoms with van der Waals surface area (Å²) in [4.78, 5) is 0. The van der Waals surface area contributed by atoms with Crippen LogP contribution in [-0.2, 0) is 12.2 Å². The van der Waals surface area contributed by atoms with Crippen LogP contribution in [0, 0.1) is 0 Å². The van der Waals surface area contributed by atoms with E-state index < -0.39 is 17.3 Å². The van der Waals surface area contributed by atoms with Gasteiger partial charge in [0.15, 0.2) is 5.60 Å². The smallest absolute Gasteiger partial charge is 0.157 e. The number of fused-ring (bicyclic) bond motifs is 3. The van der Waals surface area contributed by atoms with E-state index >= 15 is 0 Å². The van der Waals surface area contributed by atoms with Crippen LogP contribution in [0.2, 0.25) is 0 Å². The van der Waals surface area contributed by atoms with Gasteiger partial charge in [-0.15, -0.1) is 0 Å². The molecule has 182 valence electrons. The van der Waals surface area contributed by atoms with E-state index in [1.165, 1.54) is 0 Å². The zero-order valence-corrected chi connectivity index (χ0v) is 20.2. The summed E-state index contributed by atoms with van der Waals surface area (Å²) in [6, 6.07) is 18.6. The lowest BCUT2D eigenvalue weighted by Crippen LogP contribution is -2.43. The summed E-state index contributed by atoms with van der Waals surface area (Å²) >= 11 is 0. The van der Waals surface area contributed by atoms with Gasteiger partial charge < -0.3 is 29.2 Å². The fourth-order valence-electron chi connectivity index (χ4n) is 4.54. The van der Waals surface area contributed by atoms with Gasteiger partial charge >= 0.3 is 0 Å². The van der Waals surface area contributed by atoms with Crippen molar-refractivity contribution in [1.82, 2.24) is 0 Å². The van der Waals surface area contributed by atoms with E-state index in [1.807, 2.05) is 69.3 Å². The van der Waals surface area contributed by atoms with E-state index in [2.05, 4.69) is 0 Å². The normalized spacial score (nSPS) is 21.8. The third kappa shape index (κ3) is 4.35. The van der Waals surface area contributed by atoms with Crippen LogP contribution in [0.3, 0.4) is 0 Å². The van der Waals surface area contributed by atoms with Crippen LogP contribution in [0.15, 0.2) is 66.7 Å². The molecule has 0 amide bonds. The van der Waals surface area contributed by atoms with Crippen LogP contribution in [0.4, 0.5) is 0 Å². The Morgan fingerprint density at radius 1 is 1.03 bits per heavy atom. The Kier molecular flexibility index (Phi) is 5.95. The average molecular weight is 475 g/mol. The van der Waals surface area contributed by atoms with Crippen LogP contribution in [0.25, 0.3) is 6.08 Å². The molecule has 5 rings (SSSR count). The summed E-state index contributed by atoms with van der Waals surface area (Å²) in [5.41, 5.74) is 0.516. The van der Waals surface area contributed by atoms with Gasteiger partial charge in [-0.05, 0) is 62.8 Å². The second kappa shape index (κ2) is 8.95. The fourth-order valence-corrected chi connectivity index (χ4v) is 4.54. The molecule has 2 heterocycles. The quantitative estimate of drug-likeness (QED) is 0.514. The maximum Gasteiger partial charge on any atom is 0.157 e. The lowest BCUT2D eigenvalue weighted by molar-refractivity contribution is -0.122. The molecule has 2 atom stereocenters. The summed E-state index contributed by atoms with van der Waals surface area (Å²) in [5, 5.41) is 23.2. The van der Waals surface area contributed by atoms with Crippen LogP contribution in [0.1, 0.15) is 49.1 Å². The van der Waals surface area contributed by atoms with Gasteiger partial charge in [0.1, 0.15) is 47.9 Å². The Morgan fingerprint density at radius 3 is 2.60 bits per heavy atom. The van der Waals surface area contributed by atoms with Gasteiger partial charge in [0, 0.05) is 17.2 Å². The van der Waals surface area contributed by atoms with E-state index in [-0.39, 0.29) is 6.61 Å². The van der Waals surface area contributed by atoms with Crippen molar-refractivity contribution in [2.75, 3.05) is 13.2 Å². The first-order valence-corrected chi connectivity index (χ1v) is 11.8. The van der Waals surface area contributed by atoms with E-state index in [9.17, 15) is 10.2 Å². The van der Waals surface area contributed by atoms with Crippen molar-refractivity contribution in [2.45, 2.75) is 44.7 Å². The molecule has 0 saturated carbocycles. The summed E-state index contributed by atoms with van der Waals surface area (Å²) in [6.07, 6.45) is 2.66. The number of benzene rings is 3. The van der Waals surface area contributed by atoms with Crippen molar-refractivity contribution in [3.05, 3.63) is 89.0 Å².